The van der Waals surface area contributed by atoms with Crippen LogP contribution in [0.1, 0.15) is 17.4 Å². The summed E-state index contributed by atoms with van der Waals surface area (Å²) < 4.78 is 8.23. The molecule has 3 heterocycles. The predicted molar refractivity (Wildman–Crippen MR) is 91.1 cm³/mol. The number of pyridine rings is 1. The summed E-state index contributed by atoms with van der Waals surface area (Å²) >= 11 is 0. The highest BCUT2D eigenvalue weighted by Crippen LogP contribution is 2.24. The van der Waals surface area contributed by atoms with Crippen LogP contribution in [0.4, 0.5) is 0 Å². The summed E-state index contributed by atoms with van der Waals surface area (Å²) in [6.07, 6.45) is 3.83. The lowest BCUT2D eigenvalue weighted by atomic mass is 10.1. The highest BCUT2D eigenvalue weighted by atomic mass is 16.5. The van der Waals surface area contributed by atoms with Gasteiger partial charge in [-0.3, -0.25) is 9.88 Å². The summed E-state index contributed by atoms with van der Waals surface area (Å²) in [5.74, 6) is 0. The summed E-state index contributed by atoms with van der Waals surface area (Å²) in [6, 6.07) is 14.9. The standard InChI is InChI=1S/C19H21N3O/c1-21-17(11-15-5-2-3-7-18(15)21)13-22-9-10-23-19(14-22)16-6-4-8-20-12-16/h2-8,11-12,19H,9-10,13-14H2,1H3/t19-/m1/s1. The monoisotopic (exact) mass is 307 g/mol. The van der Waals surface area contributed by atoms with Gasteiger partial charge in [-0.2, -0.15) is 0 Å². The second-order valence-electron chi connectivity index (χ2n) is 6.13. The SMILES string of the molecule is Cn1c(CN2CCO[C@@H](c3cccnc3)C2)cc2ccccc21. The molecular weight excluding hydrogens is 286 g/mol. The van der Waals surface area contributed by atoms with Gasteiger partial charge in [-0.05, 0) is 23.6 Å². The molecule has 118 valence electrons. The zero-order chi connectivity index (χ0) is 15.6. The van der Waals surface area contributed by atoms with E-state index in [1.54, 1.807) is 6.20 Å². The molecular formula is C19H21N3O. The van der Waals surface area contributed by atoms with Crippen molar-refractivity contribution in [1.29, 1.82) is 0 Å². The first-order chi connectivity index (χ1) is 11.3. The van der Waals surface area contributed by atoms with Crippen molar-refractivity contribution >= 4 is 10.9 Å². The average molecular weight is 307 g/mol. The van der Waals surface area contributed by atoms with Crippen molar-refractivity contribution in [1.82, 2.24) is 14.5 Å². The number of rotatable bonds is 3. The third kappa shape index (κ3) is 2.87. The van der Waals surface area contributed by atoms with Gasteiger partial charge < -0.3 is 9.30 Å². The van der Waals surface area contributed by atoms with Crippen molar-refractivity contribution in [2.24, 2.45) is 7.05 Å². The molecule has 23 heavy (non-hydrogen) atoms. The van der Waals surface area contributed by atoms with Crippen LogP contribution in [0, 0.1) is 0 Å². The molecule has 4 rings (SSSR count). The Morgan fingerprint density at radius 1 is 1.22 bits per heavy atom. The number of para-hydroxylation sites is 1. The van der Waals surface area contributed by atoms with E-state index in [4.69, 9.17) is 4.74 Å². The first-order valence-electron chi connectivity index (χ1n) is 8.08. The minimum absolute atomic E-state index is 0.118. The van der Waals surface area contributed by atoms with Gasteiger partial charge in [0.05, 0.1) is 12.7 Å². The molecule has 1 aliphatic rings. The summed E-state index contributed by atoms with van der Waals surface area (Å²) in [5, 5.41) is 1.31. The van der Waals surface area contributed by atoms with E-state index in [1.165, 1.54) is 16.6 Å². The van der Waals surface area contributed by atoms with Gasteiger partial charge in [-0.15, -0.1) is 0 Å². The van der Waals surface area contributed by atoms with Gasteiger partial charge in [0.25, 0.3) is 0 Å². The minimum atomic E-state index is 0.118. The van der Waals surface area contributed by atoms with E-state index in [1.807, 2.05) is 12.3 Å². The van der Waals surface area contributed by atoms with Gasteiger partial charge in [0, 0.05) is 55.8 Å². The Morgan fingerprint density at radius 2 is 2.13 bits per heavy atom. The molecule has 0 saturated carbocycles. The Morgan fingerprint density at radius 3 is 2.96 bits per heavy atom. The Bertz CT molecular complexity index is 797. The zero-order valence-electron chi connectivity index (χ0n) is 13.4. The molecule has 4 nitrogen and oxygen atoms in total. The number of benzene rings is 1. The van der Waals surface area contributed by atoms with Crippen LogP contribution in [0.3, 0.4) is 0 Å². The second-order valence-corrected chi connectivity index (χ2v) is 6.13. The predicted octanol–water partition coefficient (Wildman–Crippen LogP) is 3.15. The summed E-state index contributed by atoms with van der Waals surface area (Å²) in [7, 11) is 2.15. The number of aryl methyl sites for hydroxylation is 1. The quantitative estimate of drug-likeness (QED) is 0.744. The molecule has 0 unspecified atom stereocenters. The van der Waals surface area contributed by atoms with Crippen LogP contribution in [0.15, 0.2) is 54.9 Å². The van der Waals surface area contributed by atoms with E-state index in [-0.39, 0.29) is 6.10 Å². The molecule has 1 aliphatic heterocycles. The fraction of sp³-hybridized carbons (Fsp3) is 0.316. The van der Waals surface area contributed by atoms with E-state index in [0.717, 1.165) is 31.8 Å². The van der Waals surface area contributed by atoms with Crippen LogP contribution < -0.4 is 0 Å². The fourth-order valence-electron chi connectivity index (χ4n) is 3.34. The molecule has 1 atom stereocenters. The third-order valence-corrected chi connectivity index (χ3v) is 4.64. The van der Waals surface area contributed by atoms with Crippen LogP contribution >= 0.6 is 0 Å². The normalized spacial score (nSPS) is 19.3. The lowest BCUT2D eigenvalue weighted by Gasteiger charge is -2.33. The topological polar surface area (TPSA) is 30.3 Å². The minimum Gasteiger partial charge on any atom is -0.371 e. The van der Waals surface area contributed by atoms with Crippen LogP contribution in [0.2, 0.25) is 0 Å². The van der Waals surface area contributed by atoms with Crippen molar-refractivity contribution in [2.45, 2.75) is 12.6 Å². The van der Waals surface area contributed by atoms with Gasteiger partial charge in [0.1, 0.15) is 0 Å². The molecule has 0 amide bonds. The van der Waals surface area contributed by atoms with Gasteiger partial charge in [-0.25, -0.2) is 0 Å². The van der Waals surface area contributed by atoms with E-state index in [2.05, 4.69) is 57.9 Å². The summed E-state index contributed by atoms with van der Waals surface area (Å²) in [4.78, 5) is 6.68. The molecule has 4 heteroatoms. The Hall–Kier alpha value is -2.17. The average Bonchev–Trinajstić information content (AvgIpc) is 2.92. The molecule has 0 N–H and O–H groups in total. The maximum Gasteiger partial charge on any atom is 0.0967 e. The molecule has 2 aromatic heterocycles. The molecule has 0 aliphatic carbocycles. The van der Waals surface area contributed by atoms with E-state index < -0.39 is 0 Å². The highest BCUT2D eigenvalue weighted by Gasteiger charge is 2.23. The maximum absolute atomic E-state index is 5.93. The van der Waals surface area contributed by atoms with Crippen LogP contribution in [-0.2, 0) is 18.3 Å². The van der Waals surface area contributed by atoms with Crippen LogP contribution in [0.5, 0.6) is 0 Å². The molecule has 1 aromatic carbocycles. The van der Waals surface area contributed by atoms with Gasteiger partial charge in [-0.1, -0.05) is 24.3 Å². The third-order valence-electron chi connectivity index (χ3n) is 4.64. The number of aromatic nitrogens is 2. The van der Waals surface area contributed by atoms with E-state index in [0.29, 0.717) is 0 Å². The number of hydrogen-bond donors (Lipinski definition) is 0. The smallest absolute Gasteiger partial charge is 0.0967 e. The van der Waals surface area contributed by atoms with Crippen molar-refractivity contribution < 1.29 is 4.74 Å². The first kappa shape index (κ1) is 14.4. The van der Waals surface area contributed by atoms with E-state index in [9.17, 15) is 0 Å². The Balaban J connectivity index is 1.53. The second kappa shape index (κ2) is 6.14. The van der Waals surface area contributed by atoms with Crippen molar-refractivity contribution in [2.75, 3.05) is 19.7 Å². The maximum atomic E-state index is 5.93. The zero-order valence-corrected chi connectivity index (χ0v) is 13.4. The molecule has 1 saturated heterocycles. The van der Waals surface area contributed by atoms with Crippen molar-refractivity contribution in [3.05, 3.63) is 66.1 Å². The number of hydrogen-bond acceptors (Lipinski definition) is 3. The number of fused-ring (bicyclic) bond motifs is 1. The Labute approximate surface area is 136 Å². The van der Waals surface area contributed by atoms with Crippen molar-refractivity contribution in [3.8, 4) is 0 Å². The Kier molecular flexibility index (Phi) is 3.85. The highest BCUT2D eigenvalue weighted by molar-refractivity contribution is 5.81. The number of ether oxygens (including phenoxy) is 1. The number of morpholine rings is 1. The molecule has 0 radical (unpaired) electrons. The summed E-state index contributed by atoms with van der Waals surface area (Å²) in [5.41, 5.74) is 3.80. The first-order valence-corrected chi connectivity index (χ1v) is 8.08. The molecule has 3 aromatic rings. The van der Waals surface area contributed by atoms with Gasteiger partial charge in [0.15, 0.2) is 0 Å². The molecule has 0 spiro atoms. The van der Waals surface area contributed by atoms with Crippen LogP contribution in [-0.4, -0.2) is 34.1 Å². The van der Waals surface area contributed by atoms with Crippen molar-refractivity contribution in [3.63, 3.8) is 0 Å². The van der Waals surface area contributed by atoms with Crippen LogP contribution in [0.25, 0.3) is 10.9 Å². The van der Waals surface area contributed by atoms with E-state index >= 15 is 0 Å². The number of nitrogens with zero attached hydrogens (tertiary/aromatic N) is 3. The van der Waals surface area contributed by atoms with Gasteiger partial charge >= 0.3 is 0 Å². The summed E-state index contributed by atoms with van der Waals surface area (Å²) in [6.45, 7) is 3.60. The fourth-order valence-corrected chi connectivity index (χ4v) is 3.34. The largest absolute Gasteiger partial charge is 0.371 e. The lowest BCUT2D eigenvalue weighted by Crippen LogP contribution is -2.38. The van der Waals surface area contributed by atoms with Gasteiger partial charge in [0.2, 0.25) is 0 Å². The lowest BCUT2D eigenvalue weighted by molar-refractivity contribution is -0.0336. The molecule has 0 bridgehead atoms. The molecule has 1 fully saturated rings.